The summed E-state index contributed by atoms with van der Waals surface area (Å²) < 4.78 is 26.5. The maximum Gasteiger partial charge on any atom is 0.168 e. The van der Waals surface area contributed by atoms with Gasteiger partial charge in [-0.3, -0.25) is 0 Å². The number of rotatable bonds is 4. The van der Waals surface area contributed by atoms with Gasteiger partial charge in [0.05, 0.1) is 6.20 Å². The van der Waals surface area contributed by atoms with E-state index >= 15 is 0 Å². The van der Waals surface area contributed by atoms with Gasteiger partial charge in [-0.2, -0.15) is 0 Å². The molecule has 0 saturated carbocycles. The van der Waals surface area contributed by atoms with Crippen molar-refractivity contribution in [2.45, 2.75) is 19.8 Å². The normalized spacial score (nSPS) is 19.8. The van der Waals surface area contributed by atoms with Gasteiger partial charge in [0.2, 0.25) is 0 Å². The van der Waals surface area contributed by atoms with Crippen molar-refractivity contribution in [3.05, 3.63) is 23.9 Å². The highest BCUT2D eigenvalue weighted by Crippen LogP contribution is 2.20. The molecule has 0 aliphatic carbocycles. The highest BCUT2D eigenvalue weighted by Gasteiger charge is 2.19. The van der Waals surface area contributed by atoms with Gasteiger partial charge in [-0.05, 0) is 38.8 Å². The van der Waals surface area contributed by atoms with Gasteiger partial charge in [0, 0.05) is 19.2 Å². The van der Waals surface area contributed by atoms with Crippen molar-refractivity contribution in [3.63, 3.8) is 0 Å². The van der Waals surface area contributed by atoms with Crippen LogP contribution in [-0.4, -0.2) is 31.2 Å². The number of aromatic nitrogens is 1. The van der Waals surface area contributed by atoms with Crippen molar-refractivity contribution < 1.29 is 8.78 Å². The molecule has 1 atom stereocenters. The zero-order valence-electron chi connectivity index (χ0n) is 10.6. The zero-order chi connectivity index (χ0) is 13.0. The van der Waals surface area contributed by atoms with E-state index in [4.69, 9.17) is 0 Å². The lowest BCUT2D eigenvalue weighted by molar-refractivity contribution is 0.376. The number of hydrogen-bond donors (Lipinski definition) is 1. The predicted molar refractivity (Wildman–Crippen MR) is 67.6 cm³/mol. The fourth-order valence-corrected chi connectivity index (χ4v) is 2.40. The van der Waals surface area contributed by atoms with Crippen LogP contribution in [-0.2, 0) is 0 Å². The molecule has 0 aromatic carbocycles. The van der Waals surface area contributed by atoms with Gasteiger partial charge in [-0.15, -0.1) is 0 Å². The molecule has 2 heterocycles. The Hall–Kier alpha value is -1.23. The van der Waals surface area contributed by atoms with Crippen molar-refractivity contribution in [1.82, 2.24) is 10.3 Å². The van der Waals surface area contributed by atoms with Crippen LogP contribution in [0.25, 0.3) is 0 Å². The molecule has 1 saturated heterocycles. The molecule has 0 radical (unpaired) electrons. The van der Waals surface area contributed by atoms with Gasteiger partial charge in [-0.25, -0.2) is 13.8 Å². The Kier molecular flexibility index (Phi) is 4.47. The van der Waals surface area contributed by atoms with Crippen molar-refractivity contribution in [1.29, 1.82) is 0 Å². The third-order valence-electron chi connectivity index (χ3n) is 3.35. The summed E-state index contributed by atoms with van der Waals surface area (Å²) in [5.74, 6) is -0.457. The second-order valence-corrected chi connectivity index (χ2v) is 4.71. The van der Waals surface area contributed by atoms with Gasteiger partial charge in [0.15, 0.2) is 11.6 Å². The van der Waals surface area contributed by atoms with E-state index in [0.29, 0.717) is 12.5 Å². The minimum atomic E-state index is -0.633. The Morgan fingerprint density at radius 1 is 1.50 bits per heavy atom. The van der Waals surface area contributed by atoms with Crippen LogP contribution in [0.4, 0.5) is 14.6 Å². The van der Waals surface area contributed by atoms with E-state index in [1.807, 2.05) is 11.8 Å². The Morgan fingerprint density at radius 3 is 2.94 bits per heavy atom. The summed E-state index contributed by atoms with van der Waals surface area (Å²) >= 11 is 0. The highest BCUT2D eigenvalue weighted by atomic mass is 19.1. The van der Waals surface area contributed by atoms with Crippen molar-refractivity contribution >= 4 is 5.82 Å². The van der Waals surface area contributed by atoms with Crippen LogP contribution in [0.2, 0.25) is 0 Å². The largest absolute Gasteiger partial charge is 0.354 e. The van der Waals surface area contributed by atoms with Crippen LogP contribution in [0.3, 0.4) is 0 Å². The first-order valence-electron chi connectivity index (χ1n) is 6.47. The molecule has 100 valence electrons. The molecule has 1 aromatic heterocycles. The number of piperidine rings is 1. The summed E-state index contributed by atoms with van der Waals surface area (Å²) in [6.07, 6.45) is 3.37. The molecule has 1 fully saturated rings. The molecule has 1 aliphatic heterocycles. The van der Waals surface area contributed by atoms with E-state index < -0.39 is 11.6 Å². The number of nitrogens with zero attached hydrogens (tertiary/aromatic N) is 2. The summed E-state index contributed by atoms with van der Waals surface area (Å²) in [4.78, 5) is 5.75. The fourth-order valence-electron chi connectivity index (χ4n) is 2.40. The summed E-state index contributed by atoms with van der Waals surface area (Å²) in [7, 11) is 0. The van der Waals surface area contributed by atoms with E-state index in [0.717, 1.165) is 44.7 Å². The van der Waals surface area contributed by atoms with E-state index in [2.05, 4.69) is 10.3 Å². The third kappa shape index (κ3) is 3.16. The molecule has 5 heteroatoms. The summed E-state index contributed by atoms with van der Waals surface area (Å²) in [6.45, 7) is 5.41. The van der Waals surface area contributed by atoms with Crippen molar-refractivity contribution in [2.75, 3.05) is 31.1 Å². The Morgan fingerprint density at radius 2 is 2.33 bits per heavy atom. The van der Waals surface area contributed by atoms with Gasteiger partial charge < -0.3 is 10.2 Å². The van der Waals surface area contributed by atoms with Crippen LogP contribution in [0.1, 0.15) is 19.8 Å². The maximum atomic E-state index is 13.7. The van der Waals surface area contributed by atoms with E-state index in [-0.39, 0.29) is 5.82 Å². The smallest absolute Gasteiger partial charge is 0.168 e. The molecule has 1 aliphatic rings. The zero-order valence-corrected chi connectivity index (χ0v) is 10.6. The second kappa shape index (κ2) is 6.09. The molecule has 0 spiro atoms. The molecular weight excluding hydrogens is 236 g/mol. The van der Waals surface area contributed by atoms with Crippen LogP contribution in [0.5, 0.6) is 0 Å². The summed E-state index contributed by atoms with van der Waals surface area (Å²) in [5, 5.41) is 3.34. The first-order chi connectivity index (χ1) is 8.70. The Balaban J connectivity index is 2.07. The van der Waals surface area contributed by atoms with Crippen LogP contribution >= 0.6 is 0 Å². The SMILES string of the molecule is CCN(CC1CCCNC1)c1ncc(F)cc1F. The van der Waals surface area contributed by atoms with Crippen molar-refractivity contribution in [3.8, 4) is 0 Å². The molecule has 2 rings (SSSR count). The first-order valence-corrected chi connectivity index (χ1v) is 6.47. The molecule has 1 unspecified atom stereocenters. The molecule has 1 aromatic rings. The summed E-state index contributed by atoms with van der Waals surface area (Å²) in [5.41, 5.74) is 0. The lowest BCUT2D eigenvalue weighted by Gasteiger charge is -2.30. The van der Waals surface area contributed by atoms with Crippen LogP contribution in [0, 0.1) is 17.6 Å². The molecular formula is C13H19F2N3. The Labute approximate surface area is 106 Å². The second-order valence-electron chi connectivity index (χ2n) is 4.71. The third-order valence-corrected chi connectivity index (χ3v) is 3.35. The molecule has 0 bridgehead atoms. The topological polar surface area (TPSA) is 28.2 Å². The monoisotopic (exact) mass is 255 g/mol. The standard InChI is InChI=1S/C13H19F2N3/c1-2-18(9-10-4-3-5-16-7-10)13-12(15)6-11(14)8-17-13/h6,8,10,16H,2-5,7,9H2,1H3. The van der Waals surface area contributed by atoms with E-state index in [1.54, 1.807) is 0 Å². The molecule has 0 amide bonds. The Bertz CT molecular complexity index is 392. The average Bonchev–Trinajstić information content (AvgIpc) is 2.38. The quantitative estimate of drug-likeness (QED) is 0.894. The van der Waals surface area contributed by atoms with Crippen LogP contribution in [0.15, 0.2) is 12.3 Å². The molecule has 18 heavy (non-hydrogen) atoms. The van der Waals surface area contributed by atoms with Gasteiger partial charge >= 0.3 is 0 Å². The maximum absolute atomic E-state index is 13.7. The lowest BCUT2D eigenvalue weighted by Crippen LogP contribution is -2.39. The number of hydrogen-bond acceptors (Lipinski definition) is 3. The first kappa shape index (κ1) is 13.2. The number of nitrogens with one attached hydrogen (secondary N) is 1. The molecule has 1 N–H and O–H groups in total. The highest BCUT2D eigenvalue weighted by molar-refractivity contribution is 5.39. The molecule has 3 nitrogen and oxygen atoms in total. The van der Waals surface area contributed by atoms with Gasteiger partial charge in [-0.1, -0.05) is 0 Å². The lowest BCUT2D eigenvalue weighted by atomic mass is 9.99. The average molecular weight is 255 g/mol. The van der Waals surface area contributed by atoms with Crippen molar-refractivity contribution in [2.24, 2.45) is 5.92 Å². The van der Waals surface area contributed by atoms with Crippen LogP contribution < -0.4 is 10.2 Å². The fraction of sp³-hybridized carbons (Fsp3) is 0.615. The van der Waals surface area contributed by atoms with E-state index in [9.17, 15) is 8.78 Å². The van der Waals surface area contributed by atoms with Gasteiger partial charge in [0.25, 0.3) is 0 Å². The number of anilines is 1. The van der Waals surface area contributed by atoms with Gasteiger partial charge in [0.1, 0.15) is 5.82 Å². The predicted octanol–water partition coefficient (Wildman–Crippen LogP) is 2.19. The van der Waals surface area contributed by atoms with E-state index in [1.165, 1.54) is 0 Å². The number of halogens is 2. The number of pyridine rings is 1. The minimum Gasteiger partial charge on any atom is -0.354 e. The summed E-state index contributed by atoms with van der Waals surface area (Å²) in [6, 6.07) is 0.893. The minimum absolute atomic E-state index is 0.254.